The minimum absolute atomic E-state index is 0.144. The number of rotatable bonds is 5. The van der Waals surface area contributed by atoms with Gasteiger partial charge in [-0.05, 0) is 57.6 Å². The third-order valence-electron chi connectivity index (χ3n) is 6.07. The van der Waals surface area contributed by atoms with E-state index in [4.69, 9.17) is 4.98 Å². The van der Waals surface area contributed by atoms with Crippen molar-refractivity contribution in [2.75, 3.05) is 25.4 Å². The van der Waals surface area contributed by atoms with Crippen molar-refractivity contribution in [3.05, 3.63) is 24.3 Å². The number of amides is 2. The molecule has 2 amide bonds. The lowest BCUT2D eigenvalue weighted by molar-refractivity contribution is -0.133. The van der Waals surface area contributed by atoms with Crippen molar-refractivity contribution >= 4 is 34.6 Å². The average Bonchev–Trinajstić information content (AvgIpc) is 3.10. The van der Waals surface area contributed by atoms with Crippen LogP contribution in [0.2, 0.25) is 0 Å². The number of thioether (sulfide) groups is 1. The standard InChI is InChI=1S/C22H30N4O2S/c1-17-9-5-8-14-25(17)21(28)16-29-22-23-18-10-3-4-11-19(18)26(22)15-20(27)24-12-6-2-7-13-24/h3-4,10-11,17H,2,5-9,12-16H2,1H3. The Kier molecular flexibility index (Phi) is 6.43. The van der Waals surface area contributed by atoms with Gasteiger partial charge in [0.2, 0.25) is 11.8 Å². The Hall–Kier alpha value is -2.02. The Morgan fingerprint density at radius 2 is 1.79 bits per heavy atom. The van der Waals surface area contributed by atoms with Crippen molar-refractivity contribution in [1.82, 2.24) is 19.4 Å². The summed E-state index contributed by atoms with van der Waals surface area (Å²) in [6.45, 7) is 4.97. The topological polar surface area (TPSA) is 58.4 Å². The van der Waals surface area contributed by atoms with Crippen molar-refractivity contribution in [3.63, 3.8) is 0 Å². The third-order valence-corrected chi connectivity index (χ3v) is 7.03. The SMILES string of the molecule is CC1CCCCN1C(=O)CSc1nc2ccccc2n1CC(=O)N1CCCCC1. The first-order valence-electron chi connectivity index (χ1n) is 10.8. The summed E-state index contributed by atoms with van der Waals surface area (Å²) < 4.78 is 1.99. The number of aromatic nitrogens is 2. The van der Waals surface area contributed by atoms with E-state index >= 15 is 0 Å². The molecule has 1 unspecified atom stereocenters. The molecule has 1 aromatic carbocycles. The Labute approximate surface area is 176 Å². The van der Waals surface area contributed by atoms with Gasteiger partial charge < -0.3 is 14.4 Å². The van der Waals surface area contributed by atoms with E-state index in [1.165, 1.54) is 24.6 Å². The highest BCUT2D eigenvalue weighted by Crippen LogP contribution is 2.26. The normalized spacial score (nSPS) is 20.2. The molecule has 0 spiro atoms. The number of para-hydroxylation sites is 2. The maximum Gasteiger partial charge on any atom is 0.242 e. The molecule has 1 aromatic heterocycles. The van der Waals surface area contributed by atoms with E-state index in [0.29, 0.717) is 11.8 Å². The average molecular weight is 415 g/mol. The summed E-state index contributed by atoms with van der Waals surface area (Å²) >= 11 is 1.46. The van der Waals surface area contributed by atoms with E-state index in [-0.39, 0.29) is 18.4 Å². The van der Waals surface area contributed by atoms with Gasteiger partial charge in [0.25, 0.3) is 0 Å². The van der Waals surface area contributed by atoms with E-state index in [2.05, 4.69) is 6.92 Å². The van der Waals surface area contributed by atoms with E-state index in [1.807, 2.05) is 38.6 Å². The molecule has 0 aliphatic carbocycles. The van der Waals surface area contributed by atoms with Gasteiger partial charge in [0.1, 0.15) is 6.54 Å². The first-order valence-corrected chi connectivity index (χ1v) is 11.8. The predicted molar refractivity (Wildman–Crippen MR) is 116 cm³/mol. The van der Waals surface area contributed by atoms with Crippen LogP contribution in [0, 0.1) is 0 Å². The minimum Gasteiger partial charge on any atom is -0.341 e. The monoisotopic (exact) mass is 414 g/mol. The van der Waals surface area contributed by atoms with Gasteiger partial charge in [0.15, 0.2) is 5.16 Å². The summed E-state index contributed by atoms with van der Waals surface area (Å²) in [6.07, 6.45) is 6.74. The summed E-state index contributed by atoms with van der Waals surface area (Å²) in [5, 5.41) is 0.759. The largest absolute Gasteiger partial charge is 0.341 e. The molecule has 3 heterocycles. The Bertz CT molecular complexity index is 875. The second-order valence-corrected chi connectivity index (χ2v) is 9.07. The zero-order chi connectivity index (χ0) is 20.2. The van der Waals surface area contributed by atoms with Crippen molar-refractivity contribution in [2.24, 2.45) is 0 Å². The van der Waals surface area contributed by atoms with Crippen LogP contribution in [0.1, 0.15) is 45.4 Å². The molecular formula is C22H30N4O2S. The van der Waals surface area contributed by atoms with Crippen LogP contribution in [0.15, 0.2) is 29.4 Å². The van der Waals surface area contributed by atoms with Gasteiger partial charge in [0, 0.05) is 25.7 Å². The lowest BCUT2D eigenvalue weighted by Crippen LogP contribution is -2.43. The second-order valence-electron chi connectivity index (χ2n) is 8.13. The van der Waals surface area contributed by atoms with E-state index < -0.39 is 0 Å². The van der Waals surface area contributed by atoms with Gasteiger partial charge in [-0.1, -0.05) is 23.9 Å². The molecule has 2 aliphatic heterocycles. The Balaban J connectivity index is 1.50. The fourth-order valence-corrected chi connectivity index (χ4v) is 5.27. The van der Waals surface area contributed by atoms with Crippen LogP contribution < -0.4 is 0 Å². The van der Waals surface area contributed by atoms with Crippen molar-refractivity contribution in [3.8, 4) is 0 Å². The van der Waals surface area contributed by atoms with Crippen LogP contribution in [0.5, 0.6) is 0 Å². The smallest absolute Gasteiger partial charge is 0.242 e. The summed E-state index contributed by atoms with van der Waals surface area (Å²) in [5.74, 6) is 0.680. The predicted octanol–water partition coefficient (Wildman–Crippen LogP) is 3.54. The molecule has 2 aromatic rings. The molecule has 2 saturated heterocycles. The molecule has 6 nitrogen and oxygen atoms in total. The summed E-state index contributed by atoms with van der Waals surface area (Å²) in [7, 11) is 0. The number of hydrogen-bond donors (Lipinski definition) is 0. The van der Waals surface area contributed by atoms with Crippen LogP contribution in [0.25, 0.3) is 11.0 Å². The van der Waals surface area contributed by atoms with Gasteiger partial charge in [-0.15, -0.1) is 0 Å². The fourth-order valence-electron chi connectivity index (χ4n) is 4.37. The summed E-state index contributed by atoms with van der Waals surface area (Å²) in [6, 6.07) is 8.22. The number of carbonyl (C=O) groups is 2. The first-order chi connectivity index (χ1) is 14.1. The first kappa shape index (κ1) is 20.3. The second kappa shape index (κ2) is 9.20. The molecule has 0 radical (unpaired) electrons. The lowest BCUT2D eigenvalue weighted by atomic mass is 10.0. The van der Waals surface area contributed by atoms with Gasteiger partial charge in [-0.3, -0.25) is 9.59 Å². The van der Waals surface area contributed by atoms with Crippen LogP contribution in [-0.4, -0.2) is 62.6 Å². The number of imidazole rings is 1. The van der Waals surface area contributed by atoms with Gasteiger partial charge in [-0.25, -0.2) is 4.98 Å². The molecule has 156 valence electrons. The number of benzene rings is 1. The highest BCUT2D eigenvalue weighted by atomic mass is 32.2. The van der Waals surface area contributed by atoms with E-state index in [0.717, 1.165) is 61.5 Å². The van der Waals surface area contributed by atoms with Gasteiger partial charge in [-0.2, -0.15) is 0 Å². The Morgan fingerprint density at radius 1 is 1.03 bits per heavy atom. The lowest BCUT2D eigenvalue weighted by Gasteiger charge is -2.33. The third kappa shape index (κ3) is 4.60. The number of hydrogen-bond acceptors (Lipinski definition) is 4. The van der Waals surface area contributed by atoms with Crippen molar-refractivity contribution in [2.45, 2.75) is 63.2 Å². The zero-order valence-corrected chi connectivity index (χ0v) is 18.0. The summed E-state index contributed by atoms with van der Waals surface area (Å²) in [4.78, 5) is 34.4. The van der Waals surface area contributed by atoms with Gasteiger partial charge >= 0.3 is 0 Å². The van der Waals surface area contributed by atoms with Crippen LogP contribution in [0.4, 0.5) is 0 Å². The molecule has 7 heteroatoms. The molecule has 0 N–H and O–H groups in total. The highest BCUT2D eigenvalue weighted by Gasteiger charge is 2.25. The number of piperidine rings is 2. The molecule has 0 saturated carbocycles. The fraction of sp³-hybridized carbons (Fsp3) is 0.591. The molecule has 1 atom stereocenters. The molecule has 2 aliphatic rings. The zero-order valence-electron chi connectivity index (χ0n) is 17.2. The summed E-state index contributed by atoms with van der Waals surface area (Å²) in [5.41, 5.74) is 1.83. The number of likely N-dealkylation sites (tertiary alicyclic amines) is 2. The van der Waals surface area contributed by atoms with Crippen molar-refractivity contribution in [1.29, 1.82) is 0 Å². The molecule has 4 rings (SSSR count). The van der Waals surface area contributed by atoms with E-state index in [9.17, 15) is 9.59 Å². The van der Waals surface area contributed by atoms with Gasteiger partial charge in [0.05, 0.1) is 16.8 Å². The number of fused-ring (bicyclic) bond motifs is 1. The minimum atomic E-state index is 0.144. The van der Waals surface area contributed by atoms with Crippen LogP contribution >= 0.6 is 11.8 Å². The quantitative estimate of drug-likeness (QED) is 0.702. The van der Waals surface area contributed by atoms with Crippen LogP contribution in [0.3, 0.4) is 0 Å². The molecule has 0 bridgehead atoms. The number of nitrogens with zero attached hydrogens (tertiary/aromatic N) is 4. The maximum absolute atomic E-state index is 12.9. The molecule has 2 fully saturated rings. The highest BCUT2D eigenvalue weighted by molar-refractivity contribution is 7.99. The maximum atomic E-state index is 12.9. The Morgan fingerprint density at radius 3 is 2.59 bits per heavy atom. The van der Waals surface area contributed by atoms with Crippen LogP contribution in [-0.2, 0) is 16.1 Å². The van der Waals surface area contributed by atoms with Crippen molar-refractivity contribution < 1.29 is 9.59 Å². The molecular weight excluding hydrogens is 384 g/mol. The molecule has 29 heavy (non-hydrogen) atoms. The van der Waals surface area contributed by atoms with E-state index in [1.54, 1.807) is 0 Å². The number of carbonyl (C=O) groups excluding carboxylic acids is 2.